The highest BCUT2D eigenvalue weighted by Crippen LogP contribution is 2.33. The Kier molecular flexibility index (Phi) is 3.58. The molecular formula is C12H11BrN2O2. The van der Waals surface area contributed by atoms with Crippen molar-refractivity contribution in [2.75, 3.05) is 14.2 Å². The molecular weight excluding hydrogens is 284 g/mol. The quantitative estimate of drug-likeness (QED) is 0.873. The van der Waals surface area contributed by atoms with Gasteiger partial charge < -0.3 is 9.47 Å². The van der Waals surface area contributed by atoms with Crippen LogP contribution in [0.15, 0.2) is 34.9 Å². The predicted molar refractivity (Wildman–Crippen MR) is 68.3 cm³/mol. The summed E-state index contributed by atoms with van der Waals surface area (Å²) in [4.78, 5) is 0. The zero-order valence-electron chi connectivity index (χ0n) is 9.48. The van der Waals surface area contributed by atoms with Crippen molar-refractivity contribution in [3.8, 4) is 22.8 Å². The highest BCUT2D eigenvalue weighted by Gasteiger charge is 2.10. The van der Waals surface area contributed by atoms with Gasteiger partial charge in [0, 0.05) is 11.6 Å². The van der Waals surface area contributed by atoms with Gasteiger partial charge in [-0.25, -0.2) is 0 Å². The lowest BCUT2D eigenvalue weighted by molar-refractivity contribution is 0.410. The highest BCUT2D eigenvalue weighted by atomic mass is 79.9. The molecule has 1 aromatic heterocycles. The number of methoxy groups -OCH3 is 2. The third kappa shape index (κ3) is 2.39. The maximum Gasteiger partial charge on any atom is 0.148 e. The van der Waals surface area contributed by atoms with Crippen LogP contribution in [0.1, 0.15) is 0 Å². The van der Waals surface area contributed by atoms with Crippen molar-refractivity contribution in [1.29, 1.82) is 0 Å². The fraction of sp³-hybridized carbons (Fsp3) is 0.167. The topological polar surface area (TPSA) is 44.2 Å². The third-order valence-corrected chi connectivity index (χ3v) is 2.98. The Labute approximate surface area is 108 Å². The molecule has 0 unspecified atom stereocenters. The van der Waals surface area contributed by atoms with Gasteiger partial charge in [0.2, 0.25) is 0 Å². The number of nitrogens with zero attached hydrogens (tertiary/aromatic N) is 2. The number of halogens is 1. The van der Waals surface area contributed by atoms with Crippen molar-refractivity contribution in [2.24, 2.45) is 0 Å². The number of hydrogen-bond donors (Lipinski definition) is 0. The van der Waals surface area contributed by atoms with Crippen LogP contribution in [0.25, 0.3) is 11.3 Å². The first kappa shape index (κ1) is 11.9. The maximum absolute atomic E-state index is 5.25. The summed E-state index contributed by atoms with van der Waals surface area (Å²) >= 11 is 3.41. The zero-order valence-corrected chi connectivity index (χ0v) is 11.1. The molecule has 1 aromatic carbocycles. The fourth-order valence-corrected chi connectivity index (χ4v) is 1.90. The van der Waals surface area contributed by atoms with Gasteiger partial charge in [0.25, 0.3) is 0 Å². The van der Waals surface area contributed by atoms with E-state index < -0.39 is 0 Å². The van der Waals surface area contributed by atoms with Crippen LogP contribution >= 0.6 is 15.9 Å². The van der Waals surface area contributed by atoms with Gasteiger partial charge in [0.15, 0.2) is 0 Å². The minimum absolute atomic E-state index is 0.685. The lowest BCUT2D eigenvalue weighted by Gasteiger charge is -2.08. The molecule has 0 saturated carbocycles. The van der Waals surface area contributed by atoms with Gasteiger partial charge in [0.05, 0.1) is 24.9 Å². The van der Waals surface area contributed by atoms with Gasteiger partial charge in [0.1, 0.15) is 17.2 Å². The van der Waals surface area contributed by atoms with Crippen LogP contribution < -0.4 is 9.47 Å². The number of aromatic nitrogens is 2. The van der Waals surface area contributed by atoms with Crippen molar-refractivity contribution in [3.63, 3.8) is 0 Å². The summed E-state index contributed by atoms with van der Waals surface area (Å²) in [5, 5.41) is 7.94. The van der Waals surface area contributed by atoms with E-state index in [4.69, 9.17) is 9.47 Å². The van der Waals surface area contributed by atoms with E-state index in [1.54, 1.807) is 26.5 Å². The van der Waals surface area contributed by atoms with Crippen LogP contribution in [0.3, 0.4) is 0 Å². The summed E-state index contributed by atoms with van der Waals surface area (Å²) in [6.45, 7) is 0. The molecule has 88 valence electrons. The molecule has 0 radical (unpaired) electrons. The molecule has 2 aromatic rings. The van der Waals surface area contributed by atoms with Crippen LogP contribution in [0.2, 0.25) is 0 Å². The van der Waals surface area contributed by atoms with Gasteiger partial charge in [-0.2, -0.15) is 5.10 Å². The Balaban J connectivity index is 2.53. The number of benzene rings is 1. The van der Waals surface area contributed by atoms with Crippen molar-refractivity contribution in [1.82, 2.24) is 10.2 Å². The monoisotopic (exact) mass is 294 g/mol. The average molecular weight is 295 g/mol. The summed E-state index contributed by atoms with van der Waals surface area (Å²) in [6.07, 6.45) is 1.60. The summed E-state index contributed by atoms with van der Waals surface area (Å²) < 4.78 is 11.4. The SMILES string of the molecule is COc1cc(-c2nnccc2OC)ccc1Br. The Bertz CT molecular complexity index is 532. The molecule has 5 heteroatoms. The molecule has 0 N–H and O–H groups in total. The lowest BCUT2D eigenvalue weighted by Crippen LogP contribution is -1.94. The second-order valence-corrected chi connectivity index (χ2v) is 4.15. The van der Waals surface area contributed by atoms with Crippen LogP contribution in [-0.4, -0.2) is 24.4 Å². The second kappa shape index (κ2) is 5.14. The Hall–Kier alpha value is -1.62. The molecule has 0 saturated heterocycles. The van der Waals surface area contributed by atoms with Crippen molar-refractivity contribution in [3.05, 3.63) is 34.9 Å². The largest absolute Gasteiger partial charge is 0.496 e. The molecule has 2 rings (SSSR count). The van der Waals surface area contributed by atoms with E-state index in [0.717, 1.165) is 15.8 Å². The Morgan fingerprint density at radius 1 is 1.06 bits per heavy atom. The molecule has 0 spiro atoms. The number of rotatable bonds is 3. The van der Waals surface area contributed by atoms with E-state index in [2.05, 4.69) is 26.1 Å². The van der Waals surface area contributed by atoms with E-state index in [-0.39, 0.29) is 0 Å². The Morgan fingerprint density at radius 2 is 1.82 bits per heavy atom. The van der Waals surface area contributed by atoms with Crippen molar-refractivity contribution in [2.45, 2.75) is 0 Å². The van der Waals surface area contributed by atoms with Gasteiger partial charge in [-0.3, -0.25) is 0 Å². The predicted octanol–water partition coefficient (Wildman–Crippen LogP) is 2.92. The van der Waals surface area contributed by atoms with Gasteiger partial charge in [-0.05, 0) is 28.1 Å². The Morgan fingerprint density at radius 3 is 2.53 bits per heavy atom. The van der Waals surface area contributed by atoms with Gasteiger partial charge in [-0.15, -0.1) is 5.10 Å². The molecule has 4 nitrogen and oxygen atoms in total. The molecule has 0 bridgehead atoms. The summed E-state index contributed by atoms with van der Waals surface area (Å²) in [6, 6.07) is 7.49. The van der Waals surface area contributed by atoms with Crippen LogP contribution in [0, 0.1) is 0 Å². The van der Waals surface area contributed by atoms with Crippen molar-refractivity contribution >= 4 is 15.9 Å². The first-order valence-corrected chi connectivity index (χ1v) is 5.75. The molecule has 0 atom stereocenters. The van der Waals surface area contributed by atoms with E-state index in [1.807, 2.05) is 18.2 Å². The molecule has 1 heterocycles. The minimum atomic E-state index is 0.685. The first-order valence-electron chi connectivity index (χ1n) is 4.96. The summed E-state index contributed by atoms with van der Waals surface area (Å²) in [7, 11) is 3.23. The summed E-state index contributed by atoms with van der Waals surface area (Å²) in [5.41, 5.74) is 1.59. The summed E-state index contributed by atoms with van der Waals surface area (Å²) in [5.74, 6) is 1.43. The molecule has 0 aliphatic rings. The molecule has 0 aliphatic carbocycles. The van der Waals surface area contributed by atoms with E-state index in [0.29, 0.717) is 11.4 Å². The van der Waals surface area contributed by atoms with E-state index in [1.165, 1.54) is 0 Å². The molecule has 0 amide bonds. The second-order valence-electron chi connectivity index (χ2n) is 3.30. The minimum Gasteiger partial charge on any atom is -0.496 e. The van der Waals surface area contributed by atoms with Crippen LogP contribution in [0.4, 0.5) is 0 Å². The lowest BCUT2D eigenvalue weighted by atomic mass is 10.1. The molecule has 0 aliphatic heterocycles. The molecule has 0 fully saturated rings. The van der Waals surface area contributed by atoms with Gasteiger partial charge >= 0.3 is 0 Å². The number of ether oxygens (including phenoxy) is 2. The van der Waals surface area contributed by atoms with Crippen molar-refractivity contribution < 1.29 is 9.47 Å². The first-order chi connectivity index (χ1) is 8.26. The zero-order chi connectivity index (χ0) is 12.3. The standard InChI is InChI=1S/C12H11BrN2O2/c1-16-10-5-6-14-15-12(10)8-3-4-9(13)11(7-8)17-2/h3-7H,1-2H3. The smallest absolute Gasteiger partial charge is 0.148 e. The number of hydrogen-bond acceptors (Lipinski definition) is 4. The van der Waals surface area contributed by atoms with Crippen LogP contribution in [0.5, 0.6) is 11.5 Å². The fourth-order valence-electron chi connectivity index (χ4n) is 1.49. The van der Waals surface area contributed by atoms with E-state index >= 15 is 0 Å². The highest BCUT2D eigenvalue weighted by molar-refractivity contribution is 9.10. The van der Waals surface area contributed by atoms with E-state index in [9.17, 15) is 0 Å². The third-order valence-electron chi connectivity index (χ3n) is 2.33. The average Bonchev–Trinajstić information content (AvgIpc) is 2.39. The van der Waals surface area contributed by atoms with Gasteiger partial charge in [-0.1, -0.05) is 6.07 Å². The molecule has 17 heavy (non-hydrogen) atoms. The maximum atomic E-state index is 5.25. The van der Waals surface area contributed by atoms with Crippen LogP contribution in [-0.2, 0) is 0 Å². The normalized spacial score (nSPS) is 10.1.